The summed E-state index contributed by atoms with van der Waals surface area (Å²) in [5.41, 5.74) is 0.358. The summed E-state index contributed by atoms with van der Waals surface area (Å²) >= 11 is 0. The summed E-state index contributed by atoms with van der Waals surface area (Å²) in [6.07, 6.45) is 0. The molecule has 1 atom stereocenters. The first-order valence-electron chi connectivity index (χ1n) is 9.45. The number of hydrogen-bond donors (Lipinski definition) is 1. The Labute approximate surface area is 172 Å². The van der Waals surface area contributed by atoms with Gasteiger partial charge < -0.3 is 4.98 Å². The second-order valence-corrected chi connectivity index (χ2v) is 9.07. The normalized spacial score (nSPS) is 17.3. The van der Waals surface area contributed by atoms with Crippen molar-refractivity contribution in [2.45, 2.75) is 17.9 Å². The fraction of sp³-hybridized carbons (Fsp3) is 0.300. The van der Waals surface area contributed by atoms with E-state index in [9.17, 15) is 22.0 Å². The van der Waals surface area contributed by atoms with E-state index >= 15 is 0 Å². The van der Waals surface area contributed by atoms with Crippen molar-refractivity contribution in [2.24, 2.45) is 0 Å². The first-order valence-corrected chi connectivity index (χ1v) is 10.9. The highest BCUT2D eigenvalue weighted by molar-refractivity contribution is 7.89. The molecule has 0 saturated carbocycles. The number of aromatic nitrogens is 2. The number of fused-ring (bicyclic) bond motifs is 1. The van der Waals surface area contributed by atoms with Crippen LogP contribution in [0, 0.1) is 11.6 Å². The lowest BCUT2D eigenvalue weighted by molar-refractivity contribution is 0.141. The number of aromatic amines is 1. The van der Waals surface area contributed by atoms with Crippen LogP contribution < -0.4 is 5.56 Å². The standard InChI is InChI=1S/C20H20F2N4O3S/c1-13(19-23-17-5-3-2-4-15(17)20(27)24-19)25-8-10-26(11-9-25)30(28,29)18-12-14(21)6-7-16(18)22/h2-7,12-13H,8-11H2,1H3,(H,23,24,27)/t13-/m0/s1. The fourth-order valence-corrected chi connectivity index (χ4v) is 5.12. The van der Waals surface area contributed by atoms with E-state index in [0.717, 1.165) is 16.4 Å². The van der Waals surface area contributed by atoms with Crippen LogP contribution in [0.3, 0.4) is 0 Å². The molecule has 1 aromatic heterocycles. The van der Waals surface area contributed by atoms with Crippen LogP contribution in [0.25, 0.3) is 10.9 Å². The first-order chi connectivity index (χ1) is 14.3. The second kappa shape index (κ2) is 7.86. The summed E-state index contributed by atoms with van der Waals surface area (Å²) in [7, 11) is -4.15. The lowest BCUT2D eigenvalue weighted by Crippen LogP contribution is -2.49. The van der Waals surface area contributed by atoms with Crippen molar-refractivity contribution in [3.05, 3.63) is 70.3 Å². The van der Waals surface area contributed by atoms with Gasteiger partial charge in [0, 0.05) is 26.2 Å². The average molecular weight is 434 g/mol. The third-order valence-electron chi connectivity index (χ3n) is 5.36. The summed E-state index contributed by atoms with van der Waals surface area (Å²) in [5, 5.41) is 0.501. The van der Waals surface area contributed by atoms with Gasteiger partial charge in [-0.05, 0) is 37.3 Å². The number of para-hydroxylation sites is 1. The van der Waals surface area contributed by atoms with E-state index < -0.39 is 26.6 Å². The molecular formula is C20H20F2N4O3S. The third kappa shape index (κ3) is 3.73. The van der Waals surface area contributed by atoms with Crippen molar-refractivity contribution in [3.8, 4) is 0 Å². The molecule has 1 saturated heterocycles. The molecule has 0 aliphatic carbocycles. The van der Waals surface area contributed by atoms with Gasteiger partial charge in [0.25, 0.3) is 5.56 Å². The molecule has 10 heteroatoms. The number of piperazine rings is 1. The summed E-state index contributed by atoms with van der Waals surface area (Å²) in [6.45, 7) is 2.81. The molecule has 0 unspecified atom stereocenters. The fourth-order valence-electron chi connectivity index (χ4n) is 3.62. The minimum absolute atomic E-state index is 0.112. The van der Waals surface area contributed by atoms with Crippen molar-refractivity contribution >= 4 is 20.9 Å². The van der Waals surface area contributed by atoms with Crippen molar-refractivity contribution in [1.82, 2.24) is 19.2 Å². The Morgan fingerprint density at radius 2 is 1.77 bits per heavy atom. The Morgan fingerprint density at radius 3 is 2.50 bits per heavy atom. The van der Waals surface area contributed by atoms with Crippen molar-refractivity contribution in [3.63, 3.8) is 0 Å². The Hall–Kier alpha value is -2.69. The van der Waals surface area contributed by atoms with E-state index in [-0.39, 0.29) is 24.7 Å². The third-order valence-corrected chi connectivity index (χ3v) is 7.27. The topological polar surface area (TPSA) is 86.4 Å². The zero-order chi connectivity index (χ0) is 21.5. The molecule has 0 amide bonds. The Bertz CT molecular complexity index is 1250. The van der Waals surface area contributed by atoms with Crippen LogP contribution in [0.1, 0.15) is 18.8 Å². The number of H-pyrrole nitrogens is 1. The highest BCUT2D eigenvalue weighted by Crippen LogP contribution is 2.24. The molecule has 158 valence electrons. The van der Waals surface area contributed by atoms with Gasteiger partial charge in [0.05, 0.1) is 16.9 Å². The smallest absolute Gasteiger partial charge is 0.258 e. The molecular weight excluding hydrogens is 414 g/mol. The van der Waals surface area contributed by atoms with Gasteiger partial charge >= 0.3 is 0 Å². The van der Waals surface area contributed by atoms with Crippen LogP contribution in [-0.4, -0.2) is 53.8 Å². The predicted octanol–water partition coefficient (Wildman–Crippen LogP) is 2.27. The Kier molecular flexibility index (Phi) is 5.39. The molecule has 0 bridgehead atoms. The summed E-state index contributed by atoms with van der Waals surface area (Å²) < 4.78 is 54.1. The summed E-state index contributed by atoms with van der Waals surface area (Å²) in [5.74, 6) is -1.30. The predicted molar refractivity (Wildman–Crippen MR) is 107 cm³/mol. The van der Waals surface area contributed by atoms with Gasteiger partial charge in [-0.1, -0.05) is 12.1 Å². The van der Waals surface area contributed by atoms with Crippen LogP contribution in [0.4, 0.5) is 8.78 Å². The SMILES string of the molecule is C[C@@H](c1nc2ccccc2c(=O)[nH]1)N1CCN(S(=O)(=O)c2cc(F)ccc2F)CC1. The maximum Gasteiger partial charge on any atom is 0.258 e. The van der Waals surface area contributed by atoms with Crippen LogP contribution in [-0.2, 0) is 10.0 Å². The Morgan fingerprint density at radius 1 is 1.07 bits per heavy atom. The zero-order valence-corrected chi connectivity index (χ0v) is 17.0. The summed E-state index contributed by atoms with van der Waals surface area (Å²) in [6, 6.07) is 9.17. The maximum absolute atomic E-state index is 14.0. The van der Waals surface area contributed by atoms with Crippen LogP contribution >= 0.6 is 0 Å². The highest BCUT2D eigenvalue weighted by Gasteiger charge is 2.32. The maximum atomic E-state index is 14.0. The second-order valence-electron chi connectivity index (χ2n) is 7.16. The van der Waals surface area contributed by atoms with Crippen LogP contribution in [0.15, 0.2) is 52.2 Å². The number of halogens is 2. The molecule has 1 aliphatic rings. The number of nitrogens with zero attached hydrogens (tertiary/aromatic N) is 3. The largest absolute Gasteiger partial charge is 0.309 e. The number of benzene rings is 2. The molecule has 2 aromatic carbocycles. The molecule has 4 rings (SSSR count). The van der Waals surface area contributed by atoms with E-state index in [1.54, 1.807) is 24.3 Å². The molecule has 2 heterocycles. The molecule has 0 spiro atoms. The number of nitrogens with one attached hydrogen (secondary N) is 1. The van der Waals surface area contributed by atoms with E-state index in [1.807, 2.05) is 11.8 Å². The van der Waals surface area contributed by atoms with Gasteiger partial charge in [-0.15, -0.1) is 0 Å². The van der Waals surface area contributed by atoms with Crippen LogP contribution in [0.5, 0.6) is 0 Å². The minimum atomic E-state index is -4.15. The van der Waals surface area contributed by atoms with Gasteiger partial charge in [-0.25, -0.2) is 22.2 Å². The molecule has 1 N–H and O–H groups in total. The average Bonchev–Trinajstić information content (AvgIpc) is 2.75. The van der Waals surface area contributed by atoms with E-state index in [2.05, 4.69) is 9.97 Å². The van der Waals surface area contributed by atoms with Gasteiger partial charge in [0.2, 0.25) is 10.0 Å². The lowest BCUT2D eigenvalue weighted by Gasteiger charge is -2.37. The number of rotatable bonds is 4. The highest BCUT2D eigenvalue weighted by atomic mass is 32.2. The van der Waals surface area contributed by atoms with Gasteiger partial charge in [-0.3, -0.25) is 9.69 Å². The van der Waals surface area contributed by atoms with Crippen molar-refractivity contribution in [2.75, 3.05) is 26.2 Å². The molecule has 30 heavy (non-hydrogen) atoms. The van der Waals surface area contributed by atoms with E-state index in [0.29, 0.717) is 35.9 Å². The van der Waals surface area contributed by atoms with Gasteiger partial charge in [-0.2, -0.15) is 4.31 Å². The quantitative estimate of drug-likeness (QED) is 0.681. The van der Waals surface area contributed by atoms with E-state index in [1.165, 1.54) is 0 Å². The molecule has 1 aliphatic heterocycles. The first kappa shape index (κ1) is 20.6. The molecule has 0 radical (unpaired) electrons. The van der Waals surface area contributed by atoms with Crippen molar-refractivity contribution in [1.29, 1.82) is 0 Å². The molecule has 7 nitrogen and oxygen atoms in total. The van der Waals surface area contributed by atoms with Crippen molar-refractivity contribution < 1.29 is 17.2 Å². The summed E-state index contributed by atoms with van der Waals surface area (Å²) in [4.78, 5) is 21.0. The number of sulfonamides is 1. The van der Waals surface area contributed by atoms with Gasteiger partial charge in [0.1, 0.15) is 22.4 Å². The van der Waals surface area contributed by atoms with Gasteiger partial charge in [0.15, 0.2) is 0 Å². The van der Waals surface area contributed by atoms with Crippen LogP contribution in [0.2, 0.25) is 0 Å². The Balaban J connectivity index is 1.52. The molecule has 1 fully saturated rings. The lowest BCUT2D eigenvalue weighted by atomic mass is 10.2. The zero-order valence-electron chi connectivity index (χ0n) is 16.2. The minimum Gasteiger partial charge on any atom is -0.309 e. The number of hydrogen-bond acceptors (Lipinski definition) is 5. The van der Waals surface area contributed by atoms with E-state index in [4.69, 9.17) is 0 Å². The molecule has 3 aromatic rings. The monoisotopic (exact) mass is 434 g/mol.